The van der Waals surface area contributed by atoms with Crippen LogP contribution in [-0.4, -0.2) is 34.6 Å². The van der Waals surface area contributed by atoms with Crippen molar-refractivity contribution in [3.63, 3.8) is 0 Å². The average molecular weight is 288 g/mol. The first-order chi connectivity index (χ1) is 10.1. The van der Waals surface area contributed by atoms with Gasteiger partial charge in [0.15, 0.2) is 6.04 Å². The third-order valence-corrected chi connectivity index (χ3v) is 4.05. The number of nitrogens with zero attached hydrogens (tertiary/aromatic N) is 1. The molecule has 0 unspecified atom stereocenters. The first-order valence-electron chi connectivity index (χ1n) is 7.50. The normalized spacial score (nSPS) is 18.9. The van der Waals surface area contributed by atoms with Gasteiger partial charge in [0.2, 0.25) is 0 Å². The molecule has 2 N–H and O–H groups in total. The van der Waals surface area contributed by atoms with Gasteiger partial charge < -0.3 is 15.3 Å². The fourth-order valence-corrected chi connectivity index (χ4v) is 2.50. The summed E-state index contributed by atoms with van der Waals surface area (Å²) in [5.41, 5.74) is 0.598. The Morgan fingerprint density at radius 3 is 2.38 bits per heavy atom. The Kier molecular flexibility index (Phi) is 3.82. The zero-order valence-electron chi connectivity index (χ0n) is 11.9. The Balaban J connectivity index is 1.69. The first kappa shape index (κ1) is 13.9. The molecule has 3 rings (SSSR count). The van der Waals surface area contributed by atoms with Crippen molar-refractivity contribution in [2.24, 2.45) is 5.92 Å². The lowest BCUT2D eigenvalue weighted by Crippen LogP contribution is -2.45. The van der Waals surface area contributed by atoms with Crippen LogP contribution in [0.5, 0.6) is 0 Å². The molecule has 5 heteroatoms. The molecule has 2 fully saturated rings. The molecule has 0 radical (unpaired) electrons. The van der Waals surface area contributed by atoms with E-state index >= 15 is 0 Å². The van der Waals surface area contributed by atoms with E-state index in [4.69, 9.17) is 0 Å². The minimum absolute atomic E-state index is 0.249. The van der Waals surface area contributed by atoms with E-state index in [-0.39, 0.29) is 6.03 Å². The molecule has 0 bridgehead atoms. The third kappa shape index (κ3) is 3.54. The lowest BCUT2D eigenvalue weighted by molar-refractivity contribution is -0.139. The molecule has 2 aliphatic carbocycles. The van der Waals surface area contributed by atoms with Crippen LogP contribution >= 0.6 is 0 Å². The van der Waals surface area contributed by atoms with Gasteiger partial charge in [0.05, 0.1) is 0 Å². The van der Waals surface area contributed by atoms with Gasteiger partial charge in [-0.2, -0.15) is 0 Å². The fourth-order valence-electron chi connectivity index (χ4n) is 2.50. The second kappa shape index (κ2) is 5.76. The summed E-state index contributed by atoms with van der Waals surface area (Å²) in [4.78, 5) is 25.7. The minimum Gasteiger partial charge on any atom is -0.479 e. The number of aliphatic carboxylic acids is 1. The average Bonchev–Trinajstić information content (AvgIpc) is 3.36. The molecule has 0 saturated heterocycles. The standard InChI is InChI=1S/C16H20N2O3/c19-15(20)14(12-4-2-1-3-5-12)17-16(21)18(13-8-9-13)10-11-6-7-11/h1-5,11,13-14H,6-10H2,(H,17,21)(H,19,20)/t14-/m1/s1. The van der Waals surface area contributed by atoms with Gasteiger partial charge in [-0.3, -0.25) is 0 Å². The van der Waals surface area contributed by atoms with E-state index in [9.17, 15) is 14.7 Å². The molecule has 1 atom stereocenters. The SMILES string of the molecule is O=C(O)[C@H](NC(=O)N(CC1CC1)C1CC1)c1ccccc1. The van der Waals surface area contributed by atoms with E-state index in [1.165, 1.54) is 12.8 Å². The molecule has 0 aliphatic heterocycles. The van der Waals surface area contributed by atoms with Crippen LogP contribution in [0, 0.1) is 5.92 Å². The van der Waals surface area contributed by atoms with E-state index in [2.05, 4.69) is 5.32 Å². The van der Waals surface area contributed by atoms with Crippen LogP contribution in [0.4, 0.5) is 4.79 Å². The van der Waals surface area contributed by atoms with Crippen molar-refractivity contribution in [3.05, 3.63) is 35.9 Å². The number of hydrogen-bond acceptors (Lipinski definition) is 2. The number of nitrogens with one attached hydrogen (secondary N) is 1. The summed E-state index contributed by atoms with van der Waals surface area (Å²) in [6, 6.07) is 7.90. The van der Waals surface area contributed by atoms with Gasteiger partial charge in [-0.1, -0.05) is 30.3 Å². The third-order valence-electron chi connectivity index (χ3n) is 4.05. The summed E-state index contributed by atoms with van der Waals surface area (Å²) in [6.07, 6.45) is 4.42. The van der Waals surface area contributed by atoms with Crippen molar-refractivity contribution in [1.29, 1.82) is 0 Å². The Hall–Kier alpha value is -2.04. The van der Waals surface area contributed by atoms with Gasteiger partial charge >= 0.3 is 12.0 Å². The molecule has 0 heterocycles. The molecule has 0 spiro atoms. The lowest BCUT2D eigenvalue weighted by Gasteiger charge is -2.25. The molecule has 21 heavy (non-hydrogen) atoms. The van der Waals surface area contributed by atoms with Gasteiger partial charge in [0.1, 0.15) is 0 Å². The molecule has 1 aromatic carbocycles. The second-order valence-corrected chi connectivity index (χ2v) is 5.96. The second-order valence-electron chi connectivity index (χ2n) is 5.96. The monoisotopic (exact) mass is 288 g/mol. The highest BCUT2D eigenvalue weighted by molar-refractivity contribution is 5.84. The van der Waals surface area contributed by atoms with Crippen LogP contribution in [0.25, 0.3) is 0 Å². The Morgan fingerprint density at radius 2 is 1.86 bits per heavy atom. The number of carboxylic acid groups (broad SMARTS) is 1. The molecule has 112 valence electrons. The topological polar surface area (TPSA) is 69.6 Å². The quantitative estimate of drug-likeness (QED) is 0.844. The minimum atomic E-state index is -1.03. The number of amides is 2. The maximum Gasteiger partial charge on any atom is 0.330 e. The number of benzene rings is 1. The zero-order chi connectivity index (χ0) is 14.8. The molecule has 0 aromatic heterocycles. The van der Waals surface area contributed by atoms with Gasteiger partial charge in [0, 0.05) is 12.6 Å². The van der Waals surface area contributed by atoms with Crippen molar-refractivity contribution in [3.8, 4) is 0 Å². The number of hydrogen-bond donors (Lipinski definition) is 2. The number of carboxylic acids is 1. The summed E-state index contributed by atoms with van der Waals surface area (Å²) >= 11 is 0. The first-order valence-corrected chi connectivity index (χ1v) is 7.50. The van der Waals surface area contributed by atoms with Crippen LogP contribution in [0.15, 0.2) is 30.3 Å². The molecule has 5 nitrogen and oxygen atoms in total. The van der Waals surface area contributed by atoms with Crippen molar-refractivity contribution in [2.45, 2.75) is 37.8 Å². The summed E-state index contributed by atoms with van der Waals surface area (Å²) in [5, 5.41) is 12.0. The smallest absolute Gasteiger partial charge is 0.330 e. The highest BCUT2D eigenvalue weighted by Crippen LogP contribution is 2.35. The van der Waals surface area contributed by atoms with E-state index in [0.717, 1.165) is 19.4 Å². The van der Waals surface area contributed by atoms with Crippen LogP contribution in [-0.2, 0) is 4.79 Å². The van der Waals surface area contributed by atoms with Crippen molar-refractivity contribution >= 4 is 12.0 Å². The van der Waals surface area contributed by atoms with E-state index < -0.39 is 12.0 Å². The summed E-state index contributed by atoms with van der Waals surface area (Å²) < 4.78 is 0. The molecule has 1 aromatic rings. The van der Waals surface area contributed by atoms with Crippen LogP contribution in [0.2, 0.25) is 0 Å². The van der Waals surface area contributed by atoms with Crippen LogP contribution in [0.3, 0.4) is 0 Å². The van der Waals surface area contributed by atoms with Gasteiger partial charge in [-0.05, 0) is 37.2 Å². The molecular weight excluding hydrogens is 268 g/mol. The maximum atomic E-state index is 12.4. The maximum absolute atomic E-state index is 12.4. The Bertz CT molecular complexity index is 524. The molecule has 2 aliphatic rings. The molecular formula is C16H20N2O3. The van der Waals surface area contributed by atoms with E-state index in [0.29, 0.717) is 17.5 Å². The van der Waals surface area contributed by atoms with Crippen molar-refractivity contribution in [2.75, 3.05) is 6.54 Å². The van der Waals surface area contributed by atoms with E-state index in [1.807, 2.05) is 11.0 Å². The lowest BCUT2D eigenvalue weighted by atomic mass is 10.1. The Morgan fingerprint density at radius 1 is 1.19 bits per heavy atom. The number of carbonyl (C=O) groups is 2. The van der Waals surface area contributed by atoms with Gasteiger partial charge in [-0.15, -0.1) is 0 Å². The number of rotatable bonds is 6. The molecule has 2 saturated carbocycles. The summed E-state index contributed by atoms with van der Waals surface area (Å²) in [6.45, 7) is 0.762. The molecule has 2 amide bonds. The van der Waals surface area contributed by atoms with Crippen LogP contribution in [0.1, 0.15) is 37.3 Å². The largest absolute Gasteiger partial charge is 0.479 e. The van der Waals surface area contributed by atoms with Crippen molar-refractivity contribution < 1.29 is 14.7 Å². The van der Waals surface area contributed by atoms with E-state index in [1.54, 1.807) is 24.3 Å². The summed E-state index contributed by atoms with van der Waals surface area (Å²) in [5.74, 6) is -0.423. The van der Waals surface area contributed by atoms with Crippen LogP contribution < -0.4 is 5.32 Å². The highest BCUT2D eigenvalue weighted by atomic mass is 16.4. The predicted molar refractivity (Wildman–Crippen MR) is 77.8 cm³/mol. The summed E-state index contributed by atoms with van der Waals surface area (Å²) in [7, 11) is 0. The number of carbonyl (C=O) groups excluding carboxylic acids is 1. The van der Waals surface area contributed by atoms with Gasteiger partial charge in [0.25, 0.3) is 0 Å². The predicted octanol–water partition coefficient (Wildman–Crippen LogP) is 2.40. The fraction of sp³-hybridized carbons (Fsp3) is 0.500. The zero-order valence-corrected chi connectivity index (χ0v) is 11.9. The number of urea groups is 1. The van der Waals surface area contributed by atoms with Crippen molar-refractivity contribution in [1.82, 2.24) is 10.2 Å². The van der Waals surface area contributed by atoms with Gasteiger partial charge in [-0.25, -0.2) is 9.59 Å². The highest BCUT2D eigenvalue weighted by Gasteiger charge is 2.37. The Labute approximate surface area is 123 Å².